The van der Waals surface area contributed by atoms with E-state index in [-0.39, 0.29) is 11.8 Å². The molecule has 23 heavy (non-hydrogen) atoms. The van der Waals surface area contributed by atoms with Crippen LogP contribution in [-0.4, -0.2) is 36.3 Å². The standard InChI is InChI=1S/C16H17BrN2O3S/c17-13-7-14(23-10-13)15(20)18-8-11-1-4-19(5-2-11)16(21)12-3-6-22-9-12/h3,6-7,9-11H,1-2,4-5,8H2,(H,18,20). The van der Waals surface area contributed by atoms with Crippen molar-refractivity contribution < 1.29 is 14.0 Å². The molecule has 1 N–H and O–H groups in total. The first-order valence-electron chi connectivity index (χ1n) is 7.47. The Morgan fingerprint density at radius 1 is 1.39 bits per heavy atom. The minimum atomic E-state index is -0.0300. The van der Waals surface area contributed by atoms with Crippen molar-refractivity contribution in [3.05, 3.63) is 45.0 Å². The Kier molecular flexibility index (Phi) is 5.17. The van der Waals surface area contributed by atoms with E-state index in [1.807, 2.05) is 16.3 Å². The summed E-state index contributed by atoms with van der Waals surface area (Å²) in [7, 11) is 0. The smallest absolute Gasteiger partial charge is 0.261 e. The molecule has 2 aromatic heterocycles. The van der Waals surface area contributed by atoms with Crippen LogP contribution in [0, 0.1) is 5.92 Å². The number of furan rings is 1. The van der Waals surface area contributed by atoms with Gasteiger partial charge in [-0.25, -0.2) is 0 Å². The summed E-state index contributed by atoms with van der Waals surface area (Å²) < 4.78 is 5.89. The average molecular weight is 397 g/mol. The maximum absolute atomic E-state index is 12.2. The minimum Gasteiger partial charge on any atom is -0.472 e. The van der Waals surface area contributed by atoms with Gasteiger partial charge >= 0.3 is 0 Å². The molecule has 122 valence electrons. The van der Waals surface area contributed by atoms with Crippen LogP contribution in [0.4, 0.5) is 0 Å². The molecule has 0 atom stereocenters. The monoisotopic (exact) mass is 396 g/mol. The van der Waals surface area contributed by atoms with Crippen LogP contribution in [0.15, 0.2) is 38.9 Å². The van der Waals surface area contributed by atoms with Crippen molar-refractivity contribution in [2.24, 2.45) is 5.92 Å². The molecular weight excluding hydrogens is 380 g/mol. The summed E-state index contributed by atoms with van der Waals surface area (Å²) in [5, 5.41) is 4.88. The predicted octanol–water partition coefficient (Wildman–Crippen LogP) is 3.39. The van der Waals surface area contributed by atoms with E-state index in [0.29, 0.717) is 22.9 Å². The summed E-state index contributed by atoms with van der Waals surface area (Å²) in [6, 6.07) is 3.51. The average Bonchev–Trinajstić information content (AvgIpc) is 3.24. The molecule has 2 amide bonds. The Balaban J connectivity index is 1.44. The summed E-state index contributed by atoms with van der Waals surface area (Å²) in [6.07, 6.45) is 4.79. The minimum absolute atomic E-state index is 0.0182. The first-order valence-corrected chi connectivity index (χ1v) is 9.14. The molecule has 3 rings (SSSR count). The van der Waals surface area contributed by atoms with Crippen LogP contribution < -0.4 is 5.32 Å². The van der Waals surface area contributed by atoms with Gasteiger partial charge in [-0.15, -0.1) is 11.3 Å². The number of nitrogens with one attached hydrogen (secondary N) is 1. The lowest BCUT2D eigenvalue weighted by Crippen LogP contribution is -2.41. The summed E-state index contributed by atoms with van der Waals surface area (Å²) in [5.41, 5.74) is 0.597. The Labute approximate surface area is 146 Å². The second-order valence-corrected chi connectivity index (χ2v) is 7.41. The topological polar surface area (TPSA) is 62.6 Å². The van der Waals surface area contributed by atoms with Gasteiger partial charge in [0.1, 0.15) is 6.26 Å². The fourth-order valence-electron chi connectivity index (χ4n) is 2.67. The highest BCUT2D eigenvalue weighted by Gasteiger charge is 2.24. The number of carbonyl (C=O) groups is 2. The fraction of sp³-hybridized carbons (Fsp3) is 0.375. The molecule has 0 spiro atoms. The molecule has 0 bridgehead atoms. The number of halogens is 1. The van der Waals surface area contributed by atoms with E-state index in [4.69, 9.17) is 4.42 Å². The van der Waals surface area contributed by atoms with Crippen LogP contribution in [0.25, 0.3) is 0 Å². The van der Waals surface area contributed by atoms with Gasteiger partial charge in [0.05, 0.1) is 16.7 Å². The molecule has 0 unspecified atom stereocenters. The van der Waals surface area contributed by atoms with Crippen LogP contribution in [0.5, 0.6) is 0 Å². The molecule has 5 nitrogen and oxygen atoms in total. The van der Waals surface area contributed by atoms with Crippen molar-refractivity contribution in [2.75, 3.05) is 19.6 Å². The Morgan fingerprint density at radius 3 is 2.78 bits per heavy atom. The van der Waals surface area contributed by atoms with E-state index < -0.39 is 0 Å². The number of amides is 2. The normalized spacial score (nSPS) is 15.6. The van der Waals surface area contributed by atoms with E-state index in [2.05, 4.69) is 21.2 Å². The molecule has 3 heterocycles. The van der Waals surface area contributed by atoms with Crippen LogP contribution in [0.3, 0.4) is 0 Å². The van der Waals surface area contributed by atoms with Crippen molar-refractivity contribution in [3.63, 3.8) is 0 Å². The Morgan fingerprint density at radius 2 is 2.17 bits per heavy atom. The van der Waals surface area contributed by atoms with Gasteiger partial charge in [-0.3, -0.25) is 9.59 Å². The van der Waals surface area contributed by atoms with Gasteiger partial charge in [-0.1, -0.05) is 0 Å². The molecular formula is C16H17BrN2O3S. The molecule has 0 aromatic carbocycles. The van der Waals surface area contributed by atoms with Gasteiger partial charge < -0.3 is 14.6 Å². The SMILES string of the molecule is O=C(NCC1CCN(C(=O)c2ccoc2)CC1)c1cc(Br)cs1. The summed E-state index contributed by atoms with van der Waals surface area (Å²) in [5.74, 6) is 0.401. The van der Waals surface area contributed by atoms with Crippen molar-refractivity contribution in [2.45, 2.75) is 12.8 Å². The molecule has 1 aliphatic rings. The molecule has 0 aliphatic carbocycles. The molecule has 0 radical (unpaired) electrons. The van der Waals surface area contributed by atoms with Crippen LogP contribution >= 0.6 is 27.3 Å². The second kappa shape index (κ2) is 7.31. The van der Waals surface area contributed by atoms with Crippen molar-refractivity contribution in [1.82, 2.24) is 10.2 Å². The molecule has 1 saturated heterocycles. The van der Waals surface area contributed by atoms with Crippen molar-refractivity contribution in [1.29, 1.82) is 0 Å². The zero-order chi connectivity index (χ0) is 16.2. The van der Waals surface area contributed by atoms with E-state index in [9.17, 15) is 9.59 Å². The highest BCUT2D eigenvalue weighted by molar-refractivity contribution is 9.10. The number of piperidine rings is 1. The summed E-state index contributed by atoms with van der Waals surface area (Å²) in [4.78, 5) is 26.8. The third-order valence-corrected chi connectivity index (χ3v) is 5.70. The van der Waals surface area contributed by atoms with Gasteiger partial charge in [-0.2, -0.15) is 0 Å². The number of likely N-dealkylation sites (tertiary alicyclic amines) is 1. The van der Waals surface area contributed by atoms with Gasteiger partial charge in [0, 0.05) is 29.5 Å². The first kappa shape index (κ1) is 16.3. The quantitative estimate of drug-likeness (QED) is 0.861. The lowest BCUT2D eigenvalue weighted by atomic mass is 9.96. The second-order valence-electron chi connectivity index (χ2n) is 5.59. The fourth-order valence-corrected chi connectivity index (χ4v) is 4.01. The van der Waals surface area contributed by atoms with Crippen LogP contribution in [0.2, 0.25) is 0 Å². The van der Waals surface area contributed by atoms with E-state index >= 15 is 0 Å². The Hall–Kier alpha value is -1.60. The number of carbonyl (C=O) groups excluding carboxylic acids is 2. The molecule has 1 aliphatic heterocycles. The zero-order valence-electron chi connectivity index (χ0n) is 12.5. The molecule has 2 aromatic rings. The maximum Gasteiger partial charge on any atom is 0.261 e. The van der Waals surface area contributed by atoms with Gasteiger partial charge in [-0.05, 0) is 46.8 Å². The molecule has 7 heteroatoms. The zero-order valence-corrected chi connectivity index (χ0v) is 14.9. The summed E-state index contributed by atoms with van der Waals surface area (Å²) in [6.45, 7) is 2.09. The van der Waals surface area contributed by atoms with Gasteiger partial charge in [0.15, 0.2) is 0 Å². The van der Waals surface area contributed by atoms with Gasteiger partial charge in [0.2, 0.25) is 0 Å². The van der Waals surface area contributed by atoms with Crippen molar-refractivity contribution in [3.8, 4) is 0 Å². The third-order valence-electron chi connectivity index (χ3n) is 4.01. The van der Waals surface area contributed by atoms with Crippen LogP contribution in [-0.2, 0) is 0 Å². The largest absolute Gasteiger partial charge is 0.472 e. The van der Waals surface area contributed by atoms with E-state index in [0.717, 1.165) is 30.4 Å². The number of thiophene rings is 1. The number of nitrogens with zero attached hydrogens (tertiary/aromatic N) is 1. The number of hydrogen-bond acceptors (Lipinski definition) is 4. The molecule has 1 fully saturated rings. The highest BCUT2D eigenvalue weighted by atomic mass is 79.9. The van der Waals surface area contributed by atoms with Crippen molar-refractivity contribution >= 4 is 39.1 Å². The highest BCUT2D eigenvalue weighted by Crippen LogP contribution is 2.21. The van der Waals surface area contributed by atoms with E-state index in [1.54, 1.807) is 6.07 Å². The maximum atomic E-state index is 12.2. The number of rotatable bonds is 4. The molecule has 0 saturated carbocycles. The van der Waals surface area contributed by atoms with E-state index in [1.165, 1.54) is 23.9 Å². The lowest BCUT2D eigenvalue weighted by Gasteiger charge is -2.31. The van der Waals surface area contributed by atoms with Crippen LogP contribution in [0.1, 0.15) is 32.9 Å². The predicted molar refractivity (Wildman–Crippen MR) is 91.7 cm³/mol. The first-order chi connectivity index (χ1) is 11.1. The number of hydrogen-bond donors (Lipinski definition) is 1. The third kappa shape index (κ3) is 4.03. The van der Waals surface area contributed by atoms with Gasteiger partial charge in [0.25, 0.3) is 11.8 Å². The summed E-state index contributed by atoms with van der Waals surface area (Å²) >= 11 is 4.78. The Bertz CT molecular complexity index is 675. The lowest BCUT2D eigenvalue weighted by molar-refractivity contribution is 0.0683.